The predicted molar refractivity (Wildman–Crippen MR) is 166 cm³/mol. The maximum atomic E-state index is 13.5. The van der Waals surface area contributed by atoms with Gasteiger partial charge in [-0.15, -0.1) is 0 Å². The first-order valence-electron chi connectivity index (χ1n) is 15.7. The van der Waals surface area contributed by atoms with Crippen molar-refractivity contribution in [3.8, 4) is 5.75 Å². The Morgan fingerprint density at radius 1 is 1.14 bits per heavy atom. The first-order valence-corrected chi connectivity index (χ1v) is 17.1. The third-order valence-corrected chi connectivity index (χ3v) is 11.5. The van der Waals surface area contributed by atoms with E-state index in [1.165, 1.54) is 63.0 Å². The van der Waals surface area contributed by atoms with Crippen molar-refractivity contribution in [1.82, 2.24) is 18.5 Å². The fourth-order valence-corrected chi connectivity index (χ4v) is 8.44. The molecule has 9 nitrogen and oxygen atoms in total. The smallest absolute Gasteiger partial charge is 0.303 e. The highest BCUT2D eigenvalue weighted by molar-refractivity contribution is 7.87. The van der Waals surface area contributed by atoms with E-state index in [0.717, 1.165) is 71.4 Å². The molecule has 1 saturated heterocycles. The third-order valence-electron chi connectivity index (χ3n) is 10.1. The average Bonchev–Trinajstić information content (AvgIpc) is 3.64. The Morgan fingerprint density at radius 3 is 2.63 bits per heavy atom. The zero-order valence-corrected chi connectivity index (χ0v) is 26.2. The van der Waals surface area contributed by atoms with Crippen LogP contribution >= 0.6 is 0 Å². The first kappa shape index (κ1) is 28.8. The van der Waals surface area contributed by atoms with Crippen LogP contribution in [0.3, 0.4) is 0 Å². The van der Waals surface area contributed by atoms with Gasteiger partial charge in [0, 0.05) is 57.3 Å². The van der Waals surface area contributed by atoms with Crippen molar-refractivity contribution in [3.05, 3.63) is 63.9 Å². The average molecular weight is 607 g/mol. The van der Waals surface area contributed by atoms with E-state index in [9.17, 15) is 13.2 Å². The summed E-state index contributed by atoms with van der Waals surface area (Å²) in [4.78, 5) is 16.0. The minimum absolute atomic E-state index is 0.0763. The second-order valence-electron chi connectivity index (χ2n) is 12.8. The molecule has 0 bridgehead atoms. The van der Waals surface area contributed by atoms with E-state index >= 15 is 0 Å². The fraction of sp³-hybridized carbons (Fsp3) is 0.545. The first-order chi connectivity index (χ1) is 20.8. The van der Waals surface area contributed by atoms with Gasteiger partial charge in [0.2, 0.25) is 0 Å². The topological polar surface area (TPSA) is 93.1 Å². The number of benzene rings is 1. The van der Waals surface area contributed by atoms with Gasteiger partial charge in [-0.05, 0) is 65.5 Å². The van der Waals surface area contributed by atoms with Crippen LogP contribution in [0, 0.1) is 5.92 Å². The zero-order valence-electron chi connectivity index (χ0n) is 25.4. The highest BCUT2D eigenvalue weighted by atomic mass is 32.2. The van der Waals surface area contributed by atoms with Gasteiger partial charge in [-0.1, -0.05) is 37.5 Å². The van der Waals surface area contributed by atoms with E-state index in [0.29, 0.717) is 24.0 Å². The van der Waals surface area contributed by atoms with Gasteiger partial charge in [-0.2, -0.15) is 12.7 Å². The van der Waals surface area contributed by atoms with E-state index in [-0.39, 0.29) is 5.92 Å². The van der Waals surface area contributed by atoms with Crippen LogP contribution in [-0.4, -0.2) is 82.2 Å². The van der Waals surface area contributed by atoms with Crippen molar-refractivity contribution >= 4 is 27.0 Å². The summed E-state index contributed by atoms with van der Waals surface area (Å²) in [6.45, 7) is 4.82. The lowest BCUT2D eigenvalue weighted by atomic mass is 9.76. The number of nitrogens with zero attached hydrogens (tertiary/aromatic N) is 3. The van der Waals surface area contributed by atoms with Crippen LogP contribution in [-0.2, 0) is 26.3 Å². The normalized spacial score (nSPS) is 24.6. The van der Waals surface area contributed by atoms with Crippen molar-refractivity contribution in [2.24, 2.45) is 5.92 Å². The Hall–Kier alpha value is -2.92. The highest BCUT2D eigenvalue weighted by Crippen LogP contribution is 2.55. The fourth-order valence-electron chi connectivity index (χ4n) is 7.92. The number of nitrogens with one attached hydrogen (secondary N) is 1. The number of amides is 1. The van der Waals surface area contributed by atoms with Crippen molar-refractivity contribution < 1.29 is 22.7 Å². The number of fused-ring (bicyclic) bond motifs is 6. The number of hydrogen-bond acceptors (Lipinski definition) is 6. The van der Waals surface area contributed by atoms with Gasteiger partial charge in [0.15, 0.2) is 0 Å². The second-order valence-corrected chi connectivity index (χ2v) is 14.7. The van der Waals surface area contributed by atoms with Crippen LogP contribution in [0.4, 0.5) is 0 Å². The van der Waals surface area contributed by atoms with Gasteiger partial charge in [0.1, 0.15) is 5.75 Å². The molecule has 7 rings (SSSR count). The van der Waals surface area contributed by atoms with Crippen LogP contribution in [0.5, 0.6) is 5.75 Å². The Kier molecular flexibility index (Phi) is 7.52. The number of carbonyl (C=O) groups is 1. The molecule has 1 unspecified atom stereocenters. The number of aromatic nitrogens is 1. The Bertz CT molecular complexity index is 1660. The number of morpholine rings is 1. The molecule has 2 atom stereocenters. The van der Waals surface area contributed by atoms with Gasteiger partial charge >= 0.3 is 10.2 Å². The second kappa shape index (κ2) is 11.2. The van der Waals surface area contributed by atoms with Crippen LogP contribution in [0.15, 0.2) is 52.6 Å². The summed E-state index contributed by atoms with van der Waals surface area (Å²) in [5.41, 5.74) is 7.38. The molecule has 1 aromatic heterocycles. The third kappa shape index (κ3) is 5.06. The van der Waals surface area contributed by atoms with Gasteiger partial charge in [0.05, 0.1) is 31.4 Å². The van der Waals surface area contributed by atoms with Gasteiger partial charge in [-0.25, -0.2) is 4.72 Å². The molecule has 2 fully saturated rings. The van der Waals surface area contributed by atoms with Gasteiger partial charge in [-0.3, -0.25) is 9.69 Å². The Balaban J connectivity index is 1.39. The highest BCUT2D eigenvalue weighted by Gasteiger charge is 2.46. The minimum atomic E-state index is -3.91. The van der Waals surface area contributed by atoms with Crippen LogP contribution in [0.2, 0.25) is 0 Å². The van der Waals surface area contributed by atoms with Crippen LogP contribution in [0.25, 0.3) is 10.9 Å². The largest absolute Gasteiger partial charge is 0.496 e. The van der Waals surface area contributed by atoms with Crippen LogP contribution < -0.4 is 9.46 Å². The van der Waals surface area contributed by atoms with E-state index in [4.69, 9.17) is 9.47 Å². The molecule has 0 spiro atoms. The van der Waals surface area contributed by atoms with E-state index < -0.39 is 16.1 Å². The quantitative estimate of drug-likeness (QED) is 0.507. The van der Waals surface area contributed by atoms with Crippen molar-refractivity contribution in [1.29, 1.82) is 0 Å². The number of allylic oxidation sites excluding steroid dienone is 4. The summed E-state index contributed by atoms with van der Waals surface area (Å²) in [5.74, 6) is 1.21. The predicted octanol–water partition coefficient (Wildman–Crippen LogP) is 4.23. The molecule has 1 aromatic carbocycles. The lowest BCUT2D eigenvalue weighted by Gasteiger charge is -2.36. The maximum absolute atomic E-state index is 13.5. The van der Waals surface area contributed by atoms with Gasteiger partial charge < -0.3 is 14.0 Å². The van der Waals surface area contributed by atoms with E-state index in [1.54, 1.807) is 7.11 Å². The monoisotopic (exact) mass is 606 g/mol. The summed E-state index contributed by atoms with van der Waals surface area (Å²) >= 11 is 0. The number of carbonyl (C=O) groups excluding carboxylic acids is 1. The molecule has 0 radical (unpaired) electrons. The molecule has 43 heavy (non-hydrogen) atoms. The van der Waals surface area contributed by atoms with Crippen LogP contribution in [0.1, 0.15) is 61.6 Å². The van der Waals surface area contributed by atoms with Gasteiger partial charge in [0.25, 0.3) is 5.91 Å². The Labute approximate surface area is 254 Å². The molecular formula is C33H42N4O5S. The molecule has 3 aliphatic carbocycles. The lowest BCUT2D eigenvalue weighted by Crippen LogP contribution is -2.41. The molecule has 10 heteroatoms. The van der Waals surface area contributed by atoms with Crippen molar-refractivity contribution in [2.45, 2.75) is 56.9 Å². The molecule has 1 amide bonds. The van der Waals surface area contributed by atoms with Crippen molar-refractivity contribution in [2.75, 3.05) is 54.1 Å². The summed E-state index contributed by atoms with van der Waals surface area (Å²) in [5, 5.41) is 1.13. The molecule has 1 N–H and O–H groups in total. The SMILES string of the molecule is COc1ccc(C2CCCCC2)c2c1cc1n2CC2=C(C(=O)NS(=O)(=O)N(C)C)C2=C2C=CC[C@@H](CN3CCOCC3)C21. The molecule has 5 aliphatic rings. The lowest BCUT2D eigenvalue weighted by molar-refractivity contribution is -0.115. The van der Waals surface area contributed by atoms with E-state index in [2.05, 4.69) is 44.5 Å². The number of methoxy groups -OCH3 is 1. The molecule has 3 heterocycles. The number of hydrogen-bond donors (Lipinski definition) is 1. The molecule has 1 saturated carbocycles. The molecule has 230 valence electrons. The molecular weight excluding hydrogens is 564 g/mol. The van der Waals surface area contributed by atoms with Crippen molar-refractivity contribution in [3.63, 3.8) is 0 Å². The summed E-state index contributed by atoms with van der Waals surface area (Å²) in [7, 11) is 0.679. The summed E-state index contributed by atoms with van der Waals surface area (Å²) < 4.78 is 42.6. The minimum Gasteiger partial charge on any atom is -0.496 e. The number of ether oxygens (including phenoxy) is 2. The number of rotatable bonds is 7. The molecule has 2 aromatic rings. The zero-order chi connectivity index (χ0) is 29.9. The standard InChI is InChI=1S/C33H42N4O5S/c1-35(2)43(39,40)34-33(38)31-26-20-37-27(18-25-28(41-3)13-12-23(32(25)37)21-8-5-4-6-9-21)29-22(10-7-11-24(29)30(26)31)19-36-14-16-42-17-15-36/h7,11-13,18,21-22,29H,4-6,8-10,14-17,19-20H2,1-3H3,(H,34,38)/t22-,29?/m0/s1. The Morgan fingerprint density at radius 2 is 1.91 bits per heavy atom. The van der Waals surface area contributed by atoms with E-state index in [1.807, 2.05) is 0 Å². The summed E-state index contributed by atoms with van der Waals surface area (Å²) in [6.07, 6.45) is 11.5. The molecule has 2 aliphatic heterocycles. The maximum Gasteiger partial charge on any atom is 0.303 e. The summed E-state index contributed by atoms with van der Waals surface area (Å²) in [6, 6.07) is 6.73.